The first-order valence-corrected chi connectivity index (χ1v) is 10.5. The molecule has 0 saturated carbocycles. The monoisotopic (exact) mass is 500 g/mol. The zero-order valence-corrected chi connectivity index (χ0v) is 19.0. The van der Waals surface area contributed by atoms with Crippen LogP contribution in [0.25, 0.3) is 0 Å². The van der Waals surface area contributed by atoms with Crippen molar-refractivity contribution in [2.75, 3.05) is 7.11 Å². The summed E-state index contributed by atoms with van der Waals surface area (Å²) in [6, 6.07) is 8.64. The molecule has 0 spiro atoms. The lowest BCUT2D eigenvalue weighted by molar-refractivity contribution is 0.378. The number of methoxy groups -OCH3 is 1. The lowest BCUT2D eigenvalue weighted by Gasteiger charge is -2.16. The first kappa shape index (κ1) is 24.5. The Morgan fingerprint density at radius 1 is 0.972 bits per heavy atom. The van der Waals surface area contributed by atoms with Crippen molar-refractivity contribution in [3.05, 3.63) is 114 Å². The van der Waals surface area contributed by atoms with E-state index in [4.69, 9.17) is 9.47 Å². The molecule has 0 fully saturated rings. The van der Waals surface area contributed by atoms with Crippen LogP contribution in [0.3, 0.4) is 0 Å². The van der Waals surface area contributed by atoms with E-state index in [1.54, 1.807) is 19.1 Å². The highest BCUT2D eigenvalue weighted by Gasteiger charge is 2.19. The summed E-state index contributed by atoms with van der Waals surface area (Å²) in [7, 11) is 1.48. The zero-order chi connectivity index (χ0) is 26.0. The molecule has 2 aromatic heterocycles. The van der Waals surface area contributed by atoms with Crippen LogP contribution >= 0.6 is 0 Å². The van der Waals surface area contributed by atoms with Crippen molar-refractivity contribution in [3.63, 3.8) is 0 Å². The molecule has 0 saturated heterocycles. The first-order valence-electron chi connectivity index (χ1n) is 10.5. The number of aromatic amines is 1. The van der Waals surface area contributed by atoms with Gasteiger partial charge in [0.15, 0.2) is 17.5 Å². The molecule has 2 heterocycles. The van der Waals surface area contributed by atoms with E-state index in [2.05, 4.69) is 9.97 Å². The van der Waals surface area contributed by atoms with E-state index in [1.165, 1.54) is 31.5 Å². The van der Waals surface area contributed by atoms with Gasteiger partial charge in [-0.15, -0.1) is 4.98 Å². The molecule has 4 aromatic rings. The first-order chi connectivity index (χ1) is 17.2. The summed E-state index contributed by atoms with van der Waals surface area (Å²) in [5, 5.41) is 0. The van der Waals surface area contributed by atoms with Crippen molar-refractivity contribution in [1.82, 2.24) is 19.1 Å². The van der Waals surface area contributed by atoms with Crippen LogP contribution in [0.1, 0.15) is 16.7 Å². The van der Waals surface area contributed by atoms with Gasteiger partial charge >= 0.3 is 17.4 Å². The van der Waals surface area contributed by atoms with Gasteiger partial charge in [0.2, 0.25) is 0 Å². The van der Waals surface area contributed by atoms with E-state index in [1.807, 2.05) is 0 Å². The molecule has 2 aromatic carbocycles. The van der Waals surface area contributed by atoms with Crippen molar-refractivity contribution < 1.29 is 22.6 Å². The number of ether oxygens (including phenoxy) is 2. The summed E-state index contributed by atoms with van der Waals surface area (Å²) >= 11 is 0. The molecule has 0 aliphatic carbocycles. The van der Waals surface area contributed by atoms with Gasteiger partial charge in [-0.25, -0.2) is 31.9 Å². The van der Waals surface area contributed by atoms with Crippen LogP contribution in [0, 0.1) is 24.4 Å². The van der Waals surface area contributed by atoms with Crippen LogP contribution in [-0.2, 0) is 13.1 Å². The fourth-order valence-electron chi connectivity index (χ4n) is 3.46. The van der Waals surface area contributed by atoms with Crippen LogP contribution in [0.15, 0.2) is 63.0 Å². The summed E-state index contributed by atoms with van der Waals surface area (Å²) in [6.45, 7) is 0.749. The summed E-state index contributed by atoms with van der Waals surface area (Å²) in [4.78, 5) is 44.5. The van der Waals surface area contributed by atoms with Crippen molar-refractivity contribution in [1.29, 1.82) is 0 Å². The summed E-state index contributed by atoms with van der Waals surface area (Å²) < 4.78 is 53.5. The van der Waals surface area contributed by atoms with Crippen molar-refractivity contribution in [2.24, 2.45) is 0 Å². The SMILES string of the molecule is COc1ccc(Oc2nc(=O)n(Cc3ccc[nH]c3=O)c(=O)n2Cc2cc(F)c(F)c(F)c2)c(C)c1. The Morgan fingerprint density at radius 2 is 1.69 bits per heavy atom. The van der Waals surface area contributed by atoms with Gasteiger partial charge in [0.1, 0.15) is 11.5 Å². The van der Waals surface area contributed by atoms with Gasteiger partial charge in [-0.05, 0) is 54.4 Å². The quantitative estimate of drug-likeness (QED) is 0.391. The fourth-order valence-corrected chi connectivity index (χ4v) is 3.46. The molecule has 0 aliphatic heterocycles. The van der Waals surface area contributed by atoms with Crippen LogP contribution in [0.5, 0.6) is 17.5 Å². The van der Waals surface area contributed by atoms with Crippen LogP contribution in [0.2, 0.25) is 0 Å². The number of hydrogen-bond donors (Lipinski definition) is 1. The minimum Gasteiger partial charge on any atom is -0.497 e. The summed E-state index contributed by atoms with van der Waals surface area (Å²) in [6.07, 6.45) is 1.39. The van der Waals surface area contributed by atoms with Crippen molar-refractivity contribution in [3.8, 4) is 17.5 Å². The molecule has 0 unspecified atom stereocenters. The average molecular weight is 500 g/mol. The van der Waals surface area contributed by atoms with Gasteiger partial charge < -0.3 is 14.5 Å². The second kappa shape index (κ2) is 9.94. The number of hydrogen-bond acceptors (Lipinski definition) is 6. The largest absolute Gasteiger partial charge is 0.497 e. The Hall–Kier alpha value is -4.61. The second-order valence-electron chi connectivity index (χ2n) is 7.76. The van der Waals surface area contributed by atoms with Crippen LogP contribution in [0.4, 0.5) is 13.2 Å². The molecule has 9 nitrogen and oxygen atoms in total. The van der Waals surface area contributed by atoms with Crippen LogP contribution < -0.4 is 26.4 Å². The molecule has 0 atom stereocenters. The number of halogens is 3. The van der Waals surface area contributed by atoms with E-state index < -0.39 is 53.5 Å². The highest BCUT2D eigenvalue weighted by molar-refractivity contribution is 5.40. The lowest BCUT2D eigenvalue weighted by Crippen LogP contribution is -2.43. The number of aromatic nitrogens is 4. The van der Waals surface area contributed by atoms with E-state index in [9.17, 15) is 27.6 Å². The third kappa shape index (κ3) is 4.92. The molecule has 0 aliphatic rings. The molecule has 4 rings (SSSR count). The minimum atomic E-state index is -1.66. The third-order valence-electron chi connectivity index (χ3n) is 5.31. The van der Waals surface area contributed by atoms with E-state index >= 15 is 0 Å². The number of nitrogens with one attached hydrogen (secondary N) is 1. The van der Waals surface area contributed by atoms with Gasteiger partial charge in [0.25, 0.3) is 5.56 Å². The molecule has 0 amide bonds. The maximum absolute atomic E-state index is 13.8. The number of aryl methyl sites for hydroxylation is 1. The Morgan fingerprint density at radius 3 is 2.33 bits per heavy atom. The molecule has 0 radical (unpaired) electrons. The number of rotatable bonds is 7. The molecule has 12 heteroatoms. The Balaban J connectivity index is 1.85. The highest BCUT2D eigenvalue weighted by Crippen LogP contribution is 2.27. The maximum atomic E-state index is 13.8. The predicted octanol–water partition coefficient (Wildman–Crippen LogP) is 2.72. The molecule has 36 heavy (non-hydrogen) atoms. The van der Waals surface area contributed by atoms with Gasteiger partial charge in [0, 0.05) is 11.8 Å². The fraction of sp³-hybridized carbons (Fsp3) is 0.167. The van der Waals surface area contributed by atoms with Crippen LogP contribution in [-0.4, -0.2) is 26.2 Å². The van der Waals surface area contributed by atoms with Gasteiger partial charge in [-0.1, -0.05) is 6.07 Å². The zero-order valence-electron chi connectivity index (χ0n) is 19.0. The second-order valence-corrected chi connectivity index (χ2v) is 7.76. The minimum absolute atomic E-state index is 0.101. The molecular formula is C24H19F3N4O5. The molecule has 1 N–H and O–H groups in total. The Bertz CT molecular complexity index is 1600. The highest BCUT2D eigenvalue weighted by atomic mass is 19.2. The summed E-state index contributed by atoms with van der Waals surface area (Å²) in [5.41, 5.74) is -1.96. The topological polar surface area (TPSA) is 108 Å². The predicted molar refractivity (Wildman–Crippen MR) is 122 cm³/mol. The smallest absolute Gasteiger partial charge is 0.356 e. The van der Waals surface area contributed by atoms with Gasteiger partial charge in [-0.2, -0.15) is 0 Å². The third-order valence-corrected chi connectivity index (χ3v) is 5.31. The number of benzene rings is 2. The van der Waals surface area contributed by atoms with Crippen molar-refractivity contribution >= 4 is 0 Å². The lowest BCUT2D eigenvalue weighted by atomic mass is 10.2. The Labute approximate surface area is 201 Å². The van der Waals surface area contributed by atoms with Gasteiger partial charge in [0.05, 0.1) is 20.2 Å². The molecule has 0 bridgehead atoms. The number of nitrogens with zero attached hydrogens (tertiary/aromatic N) is 3. The standard InChI is InChI=1S/C24H19F3N4O5/c1-13-8-16(35-2)5-6-19(13)36-23-29-22(33)30(12-15-4-3-7-28-21(15)32)24(34)31(23)11-14-9-17(25)20(27)18(26)10-14/h3-10H,11-12H2,1-2H3,(H,28,32). The van der Waals surface area contributed by atoms with Crippen molar-refractivity contribution in [2.45, 2.75) is 20.0 Å². The maximum Gasteiger partial charge on any atom is 0.356 e. The van der Waals surface area contributed by atoms with E-state index in [0.717, 1.165) is 4.57 Å². The number of H-pyrrole nitrogens is 1. The van der Waals surface area contributed by atoms with E-state index in [0.29, 0.717) is 28.0 Å². The summed E-state index contributed by atoms with van der Waals surface area (Å²) in [5.74, 6) is -3.81. The number of pyridine rings is 1. The normalized spacial score (nSPS) is 10.9. The molecule has 186 valence electrons. The van der Waals surface area contributed by atoms with E-state index in [-0.39, 0.29) is 16.9 Å². The molecular weight excluding hydrogens is 481 g/mol. The van der Waals surface area contributed by atoms with Gasteiger partial charge in [-0.3, -0.25) is 4.79 Å². The average Bonchev–Trinajstić information content (AvgIpc) is 2.84. The Kier molecular flexibility index (Phi) is 6.77.